The molecule has 0 radical (unpaired) electrons. The van der Waals surface area contributed by atoms with E-state index in [0.29, 0.717) is 13.2 Å². The summed E-state index contributed by atoms with van der Waals surface area (Å²) in [6.07, 6.45) is 2.62. The van der Waals surface area contributed by atoms with E-state index >= 15 is 0 Å². The lowest BCUT2D eigenvalue weighted by Gasteiger charge is -2.07. The van der Waals surface area contributed by atoms with Gasteiger partial charge in [0.2, 0.25) is 5.91 Å². The molecule has 2 N–H and O–H groups in total. The average Bonchev–Trinajstić information content (AvgIpc) is 2.43. The van der Waals surface area contributed by atoms with E-state index in [1.54, 1.807) is 0 Å². The Morgan fingerprint density at radius 3 is 2.70 bits per heavy atom. The highest BCUT2D eigenvalue weighted by Crippen LogP contribution is 2.09. The van der Waals surface area contributed by atoms with Crippen LogP contribution in [0.1, 0.15) is 12.5 Å². The Balaban J connectivity index is 2.13. The van der Waals surface area contributed by atoms with Crippen molar-refractivity contribution in [2.24, 2.45) is 0 Å². The average molecular weight is 297 g/mol. The van der Waals surface area contributed by atoms with Gasteiger partial charge >= 0.3 is 0 Å². The van der Waals surface area contributed by atoms with Crippen LogP contribution in [0.5, 0.6) is 0 Å². The van der Waals surface area contributed by atoms with E-state index in [-0.39, 0.29) is 12.5 Å². The molecule has 4 nitrogen and oxygen atoms in total. The first-order valence-corrected chi connectivity index (χ1v) is 6.91. The number of nitrogens with one attached hydrogen (secondary N) is 2. The van der Waals surface area contributed by atoms with Crippen LogP contribution in [0.4, 0.5) is 0 Å². The third kappa shape index (κ3) is 7.16. The van der Waals surface area contributed by atoms with Crippen molar-refractivity contribution in [1.82, 2.24) is 10.6 Å². The van der Waals surface area contributed by atoms with Crippen LogP contribution in [0.2, 0.25) is 5.02 Å². The number of carbonyl (C=O) groups is 1. The molecule has 1 aromatic rings. The molecule has 0 aliphatic rings. The number of halogens is 1. The summed E-state index contributed by atoms with van der Waals surface area (Å²) in [5.41, 5.74) is 2.20. The van der Waals surface area contributed by atoms with Crippen molar-refractivity contribution in [3.63, 3.8) is 0 Å². The van der Waals surface area contributed by atoms with E-state index in [9.17, 15) is 4.79 Å². The van der Waals surface area contributed by atoms with Crippen molar-refractivity contribution >= 4 is 17.5 Å². The Labute approximate surface area is 125 Å². The highest BCUT2D eigenvalue weighted by molar-refractivity contribution is 6.30. The van der Waals surface area contributed by atoms with Crippen molar-refractivity contribution in [3.8, 4) is 0 Å². The first-order valence-electron chi connectivity index (χ1n) is 6.53. The molecule has 0 bridgehead atoms. The molecule has 0 saturated heterocycles. The van der Waals surface area contributed by atoms with E-state index < -0.39 is 0 Å². The van der Waals surface area contributed by atoms with Crippen LogP contribution in [-0.2, 0) is 16.0 Å². The zero-order chi connectivity index (χ0) is 14.8. The Morgan fingerprint density at radius 1 is 1.35 bits per heavy atom. The molecular weight excluding hydrogens is 276 g/mol. The standard InChI is InChI=1S/C15H21ClN2O2/c1-12(9-17-2)10-18-15(19)11-20-8-7-13-3-5-14(16)6-4-13/h3-6,9,17H,7-8,10-11H2,1-2H3,(H,18,19)/b12-9+. The van der Waals surface area contributed by atoms with Gasteiger partial charge in [-0.25, -0.2) is 0 Å². The number of amides is 1. The van der Waals surface area contributed by atoms with Crippen LogP contribution in [0.15, 0.2) is 36.0 Å². The molecule has 0 aromatic heterocycles. The number of ether oxygens (including phenoxy) is 1. The minimum Gasteiger partial charge on any atom is -0.394 e. The van der Waals surface area contributed by atoms with Gasteiger partial charge in [-0.15, -0.1) is 0 Å². The third-order valence-corrected chi connectivity index (χ3v) is 2.89. The summed E-state index contributed by atoms with van der Waals surface area (Å²) in [6.45, 7) is 3.07. The number of hydrogen-bond acceptors (Lipinski definition) is 3. The van der Waals surface area contributed by atoms with Gasteiger partial charge < -0.3 is 15.4 Å². The smallest absolute Gasteiger partial charge is 0.246 e. The van der Waals surface area contributed by atoms with Crippen molar-refractivity contribution in [2.75, 3.05) is 26.8 Å². The lowest BCUT2D eigenvalue weighted by Crippen LogP contribution is -2.29. The van der Waals surface area contributed by atoms with E-state index in [1.165, 1.54) is 0 Å². The number of benzene rings is 1. The lowest BCUT2D eigenvalue weighted by atomic mass is 10.2. The van der Waals surface area contributed by atoms with Crippen LogP contribution < -0.4 is 10.6 Å². The molecule has 5 heteroatoms. The minimum absolute atomic E-state index is 0.0838. The Kier molecular flexibility index (Phi) is 7.77. The predicted molar refractivity (Wildman–Crippen MR) is 81.8 cm³/mol. The van der Waals surface area contributed by atoms with Crippen molar-refractivity contribution in [2.45, 2.75) is 13.3 Å². The molecule has 0 aliphatic heterocycles. The van der Waals surface area contributed by atoms with Crippen LogP contribution in [0.25, 0.3) is 0 Å². The summed E-state index contributed by atoms with van der Waals surface area (Å²) >= 11 is 5.80. The third-order valence-electron chi connectivity index (χ3n) is 2.64. The zero-order valence-electron chi connectivity index (χ0n) is 11.9. The Bertz CT molecular complexity index is 444. The summed E-state index contributed by atoms with van der Waals surface area (Å²) in [5, 5.41) is 6.42. The molecule has 1 aromatic carbocycles. The van der Waals surface area contributed by atoms with Crippen LogP contribution in [0, 0.1) is 0 Å². The molecule has 0 unspecified atom stereocenters. The summed E-state index contributed by atoms with van der Waals surface area (Å²) < 4.78 is 5.34. The highest BCUT2D eigenvalue weighted by Gasteiger charge is 2.01. The van der Waals surface area contributed by atoms with Gasteiger partial charge in [-0.2, -0.15) is 0 Å². The summed E-state index contributed by atoms with van der Waals surface area (Å²) in [4.78, 5) is 11.5. The fraction of sp³-hybridized carbons (Fsp3) is 0.400. The molecule has 0 spiro atoms. The van der Waals surface area contributed by atoms with Crippen LogP contribution >= 0.6 is 11.6 Å². The molecule has 0 aliphatic carbocycles. The second kappa shape index (κ2) is 9.39. The van der Waals surface area contributed by atoms with Gasteiger partial charge in [0.25, 0.3) is 0 Å². The first-order chi connectivity index (χ1) is 9.61. The van der Waals surface area contributed by atoms with Gasteiger partial charge in [0.15, 0.2) is 0 Å². The molecule has 0 heterocycles. The quantitative estimate of drug-likeness (QED) is 0.723. The summed E-state index contributed by atoms with van der Waals surface area (Å²) in [6, 6.07) is 7.61. The molecule has 0 saturated carbocycles. The Hall–Kier alpha value is -1.52. The largest absolute Gasteiger partial charge is 0.394 e. The van der Waals surface area contributed by atoms with E-state index in [2.05, 4.69) is 10.6 Å². The molecule has 110 valence electrons. The SMILES string of the molecule is CN/C=C(\C)CNC(=O)COCCc1ccc(Cl)cc1. The van der Waals surface area contributed by atoms with Gasteiger partial charge in [-0.3, -0.25) is 4.79 Å². The van der Waals surface area contributed by atoms with E-state index in [1.807, 2.05) is 44.4 Å². The zero-order valence-corrected chi connectivity index (χ0v) is 12.7. The summed E-state index contributed by atoms with van der Waals surface area (Å²) in [5.74, 6) is -0.107. The maximum absolute atomic E-state index is 11.5. The van der Waals surface area contributed by atoms with Gasteiger partial charge in [0, 0.05) is 18.6 Å². The molecule has 1 amide bonds. The minimum atomic E-state index is -0.107. The van der Waals surface area contributed by atoms with E-state index in [4.69, 9.17) is 16.3 Å². The van der Waals surface area contributed by atoms with Gasteiger partial charge in [-0.1, -0.05) is 23.7 Å². The fourth-order valence-electron chi connectivity index (χ4n) is 1.59. The fourth-order valence-corrected chi connectivity index (χ4v) is 1.72. The van der Waals surface area contributed by atoms with Gasteiger partial charge in [0.1, 0.15) is 6.61 Å². The normalized spacial score (nSPS) is 11.2. The molecule has 0 atom stereocenters. The number of carbonyl (C=O) groups excluding carboxylic acids is 1. The lowest BCUT2D eigenvalue weighted by molar-refractivity contribution is -0.125. The van der Waals surface area contributed by atoms with Crippen molar-refractivity contribution in [1.29, 1.82) is 0 Å². The Morgan fingerprint density at radius 2 is 2.05 bits per heavy atom. The van der Waals surface area contributed by atoms with Gasteiger partial charge in [0.05, 0.1) is 6.61 Å². The predicted octanol–water partition coefficient (Wildman–Crippen LogP) is 2.14. The molecule has 1 rings (SSSR count). The van der Waals surface area contributed by atoms with E-state index in [0.717, 1.165) is 22.6 Å². The maximum Gasteiger partial charge on any atom is 0.246 e. The first kappa shape index (κ1) is 16.5. The topological polar surface area (TPSA) is 50.4 Å². The van der Waals surface area contributed by atoms with Crippen LogP contribution in [-0.4, -0.2) is 32.7 Å². The monoisotopic (exact) mass is 296 g/mol. The summed E-state index contributed by atoms with van der Waals surface area (Å²) in [7, 11) is 1.82. The highest BCUT2D eigenvalue weighted by atomic mass is 35.5. The van der Waals surface area contributed by atoms with Gasteiger partial charge in [-0.05, 0) is 42.8 Å². The van der Waals surface area contributed by atoms with Crippen molar-refractivity contribution in [3.05, 3.63) is 46.6 Å². The molecule has 20 heavy (non-hydrogen) atoms. The second-order valence-corrected chi connectivity index (χ2v) is 4.92. The molecular formula is C15H21ClN2O2. The van der Waals surface area contributed by atoms with Crippen molar-refractivity contribution < 1.29 is 9.53 Å². The maximum atomic E-state index is 11.5. The molecule has 0 fully saturated rings. The van der Waals surface area contributed by atoms with Crippen LogP contribution in [0.3, 0.4) is 0 Å². The number of rotatable bonds is 8. The number of hydrogen-bond donors (Lipinski definition) is 2. The second-order valence-electron chi connectivity index (χ2n) is 4.49.